The first-order valence-electron chi connectivity index (χ1n) is 6.16. The molecule has 0 unspecified atom stereocenters. The van der Waals surface area contributed by atoms with E-state index in [9.17, 15) is 4.79 Å². The van der Waals surface area contributed by atoms with E-state index in [-0.39, 0.29) is 0 Å². The number of carbonyl (C=O) groups is 1. The number of ether oxygens (including phenoxy) is 1. The molecule has 0 radical (unpaired) electrons. The Labute approximate surface area is 144 Å². The number of aliphatic imine (C=N–C) groups is 1. The predicted octanol–water partition coefficient (Wildman–Crippen LogP) is 4.40. The molecule has 0 saturated carbocycles. The Morgan fingerprint density at radius 1 is 1.10 bits per heavy atom. The van der Waals surface area contributed by atoms with Crippen LogP contribution in [0.2, 0.25) is 0 Å². The third-order valence-electron chi connectivity index (χ3n) is 2.90. The highest BCUT2D eigenvalue weighted by Crippen LogP contribution is 2.24. The third-order valence-corrected chi connectivity index (χ3v) is 4.31. The summed E-state index contributed by atoms with van der Waals surface area (Å²) in [6, 6.07) is 15.3. The fourth-order valence-electron chi connectivity index (χ4n) is 1.88. The van der Waals surface area contributed by atoms with E-state index < -0.39 is 5.97 Å². The zero-order valence-electron chi connectivity index (χ0n) is 10.7. The smallest absolute Gasteiger partial charge is 0.363 e. The van der Waals surface area contributed by atoms with Crippen LogP contribution in [-0.2, 0) is 9.53 Å². The molecule has 3 nitrogen and oxygen atoms in total. The second-order valence-corrected chi connectivity index (χ2v) is 6.47. The maximum absolute atomic E-state index is 11.9. The van der Waals surface area contributed by atoms with Crippen molar-refractivity contribution in [2.75, 3.05) is 0 Å². The SMILES string of the molecule is O=C1OC(c2ccccc2Br)=NC1=Cc1ccc(I)cc1. The van der Waals surface area contributed by atoms with Gasteiger partial charge in [-0.1, -0.05) is 24.3 Å². The molecule has 0 saturated heterocycles. The summed E-state index contributed by atoms with van der Waals surface area (Å²) in [4.78, 5) is 16.2. The van der Waals surface area contributed by atoms with E-state index in [1.807, 2.05) is 48.5 Å². The molecule has 0 fully saturated rings. The number of cyclic esters (lactones) is 1. The van der Waals surface area contributed by atoms with Gasteiger partial charge in [0.25, 0.3) is 0 Å². The molecule has 5 heteroatoms. The van der Waals surface area contributed by atoms with Crippen LogP contribution in [0.1, 0.15) is 11.1 Å². The summed E-state index contributed by atoms with van der Waals surface area (Å²) >= 11 is 5.66. The van der Waals surface area contributed by atoms with Crippen LogP contribution in [0.5, 0.6) is 0 Å². The van der Waals surface area contributed by atoms with E-state index in [4.69, 9.17) is 4.74 Å². The molecule has 0 N–H and O–H groups in total. The lowest BCUT2D eigenvalue weighted by molar-refractivity contribution is -0.129. The molecule has 104 valence electrons. The minimum absolute atomic E-state index is 0.307. The van der Waals surface area contributed by atoms with Crippen LogP contribution in [0.3, 0.4) is 0 Å². The highest BCUT2D eigenvalue weighted by Gasteiger charge is 2.25. The zero-order valence-corrected chi connectivity index (χ0v) is 14.5. The van der Waals surface area contributed by atoms with E-state index in [2.05, 4.69) is 43.5 Å². The predicted molar refractivity (Wildman–Crippen MR) is 93.9 cm³/mol. The van der Waals surface area contributed by atoms with Gasteiger partial charge in [-0.15, -0.1) is 0 Å². The van der Waals surface area contributed by atoms with E-state index in [0.717, 1.165) is 19.2 Å². The van der Waals surface area contributed by atoms with Gasteiger partial charge in [-0.05, 0) is 74.4 Å². The van der Waals surface area contributed by atoms with Gasteiger partial charge in [-0.3, -0.25) is 0 Å². The van der Waals surface area contributed by atoms with Crippen LogP contribution in [-0.4, -0.2) is 11.9 Å². The summed E-state index contributed by atoms with van der Waals surface area (Å²) in [7, 11) is 0. The Bertz CT molecular complexity index is 766. The second-order valence-electron chi connectivity index (χ2n) is 4.37. The molecular weight excluding hydrogens is 445 g/mol. The number of esters is 1. The quantitative estimate of drug-likeness (QED) is 0.384. The van der Waals surface area contributed by atoms with Crippen molar-refractivity contribution in [2.24, 2.45) is 4.99 Å². The molecule has 1 aliphatic rings. The Hall–Kier alpha value is -1.47. The van der Waals surface area contributed by atoms with Crippen LogP contribution in [0.15, 0.2) is 63.7 Å². The van der Waals surface area contributed by atoms with E-state index in [1.165, 1.54) is 0 Å². The van der Waals surface area contributed by atoms with Crippen LogP contribution < -0.4 is 0 Å². The molecule has 21 heavy (non-hydrogen) atoms. The Kier molecular flexibility index (Phi) is 4.21. The highest BCUT2D eigenvalue weighted by atomic mass is 127. The first-order chi connectivity index (χ1) is 10.1. The van der Waals surface area contributed by atoms with Crippen molar-refractivity contribution in [1.82, 2.24) is 0 Å². The van der Waals surface area contributed by atoms with Crippen molar-refractivity contribution in [3.05, 3.63) is 73.4 Å². The van der Waals surface area contributed by atoms with Crippen LogP contribution in [0.4, 0.5) is 0 Å². The van der Waals surface area contributed by atoms with E-state index >= 15 is 0 Å². The Morgan fingerprint density at radius 3 is 2.52 bits per heavy atom. The summed E-state index contributed by atoms with van der Waals surface area (Å²) < 4.78 is 7.23. The minimum Gasteiger partial charge on any atom is -0.402 e. The maximum atomic E-state index is 11.9. The first-order valence-corrected chi connectivity index (χ1v) is 8.04. The normalized spacial score (nSPS) is 16.0. The molecular formula is C16H9BrINO2. The summed E-state index contributed by atoms with van der Waals surface area (Å²) in [5.41, 5.74) is 1.98. The monoisotopic (exact) mass is 453 g/mol. The van der Waals surface area contributed by atoms with Crippen LogP contribution >= 0.6 is 38.5 Å². The summed E-state index contributed by atoms with van der Waals surface area (Å²) in [6.45, 7) is 0. The largest absolute Gasteiger partial charge is 0.402 e. The van der Waals surface area contributed by atoms with Gasteiger partial charge in [-0.2, -0.15) is 0 Å². The molecule has 2 aromatic carbocycles. The molecule has 0 atom stereocenters. The minimum atomic E-state index is -0.431. The summed E-state index contributed by atoms with van der Waals surface area (Å²) in [5, 5.41) is 0. The number of nitrogens with zero attached hydrogens (tertiary/aromatic N) is 1. The van der Waals surface area contributed by atoms with Gasteiger partial charge in [0.05, 0.1) is 5.56 Å². The highest BCUT2D eigenvalue weighted by molar-refractivity contribution is 14.1. The lowest BCUT2D eigenvalue weighted by Crippen LogP contribution is -2.05. The first kappa shape index (κ1) is 14.5. The second kappa shape index (κ2) is 6.11. The standard InChI is InChI=1S/C16H9BrINO2/c17-13-4-2-1-3-12(13)15-19-14(16(20)21-15)9-10-5-7-11(18)8-6-10/h1-9H. The van der Waals surface area contributed by atoms with Crippen molar-refractivity contribution in [3.63, 3.8) is 0 Å². The average molecular weight is 454 g/mol. The Balaban J connectivity index is 1.96. The lowest BCUT2D eigenvalue weighted by atomic mass is 10.2. The number of halogens is 2. The Morgan fingerprint density at radius 2 is 1.81 bits per heavy atom. The van der Waals surface area contributed by atoms with E-state index in [0.29, 0.717) is 11.6 Å². The molecule has 3 rings (SSSR count). The number of hydrogen-bond acceptors (Lipinski definition) is 3. The van der Waals surface area contributed by atoms with Crippen molar-refractivity contribution >= 4 is 56.5 Å². The van der Waals surface area contributed by atoms with Crippen molar-refractivity contribution in [3.8, 4) is 0 Å². The molecule has 0 spiro atoms. The van der Waals surface area contributed by atoms with Gasteiger partial charge in [-0.25, -0.2) is 9.79 Å². The fraction of sp³-hybridized carbons (Fsp3) is 0. The van der Waals surface area contributed by atoms with Crippen molar-refractivity contribution in [1.29, 1.82) is 0 Å². The van der Waals surface area contributed by atoms with Crippen molar-refractivity contribution in [2.45, 2.75) is 0 Å². The number of hydrogen-bond donors (Lipinski definition) is 0. The molecule has 0 amide bonds. The van der Waals surface area contributed by atoms with Gasteiger partial charge >= 0.3 is 5.97 Å². The van der Waals surface area contributed by atoms with Crippen LogP contribution in [0, 0.1) is 3.57 Å². The number of benzene rings is 2. The lowest BCUT2D eigenvalue weighted by Gasteiger charge is -2.01. The molecule has 1 heterocycles. The number of carbonyl (C=O) groups excluding carboxylic acids is 1. The average Bonchev–Trinajstić information content (AvgIpc) is 2.83. The maximum Gasteiger partial charge on any atom is 0.363 e. The number of rotatable bonds is 2. The van der Waals surface area contributed by atoms with Crippen LogP contribution in [0.25, 0.3) is 6.08 Å². The van der Waals surface area contributed by atoms with Gasteiger partial charge in [0.1, 0.15) is 0 Å². The summed E-state index contributed by atoms with van der Waals surface area (Å²) in [5.74, 6) is -0.108. The molecule has 1 aliphatic heterocycles. The molecule has 2 aromatic rings. The van der Waals surface area contributed by atoms with Gasteiger partial charge in [0, 0.05) is 8.04 Å². The fourth-order valence-corrected chi connectivity index (χ4v) is 2.69. The van der Waals surface area contributed by atoms with Gasteiger partial charge in [0.15, 0.2) is 5.70 Å². The summed E-state index contributed by atoms with van der Waals surface area (Å²) in [6.07, 6.45) is 1.72. The van der Waals surface area contributed by atoms with Crippen molar-refractivity contribution < 1.29 is 9.53 Å². The van der Waals surface area contributed by atoms with E-state index in [1.54, 1.807) is 6.08 Å². The molecule has 0 bridgehead atoms. The molecule has 0 aliphatic carbocycles. The van der Waals surface area contributed by atoms with Gasteiger partial charge < -0.3 is 4.74 Å². The van der Waals surface area contributed by atoms with Gasteiger partial charge in [0.2, 0.25) is 5.90 Å². The zero-order chi connectivity index (χ0) is 14.8. The topological polar surface area (TPSA) is 38.7 Å². The molecule has 0 aromatic heterocycles. The third kappa shape index (κ3) is 3.24.